The Morgan fingerprint density at radius 1 is 1.35 bits per heavy atom. The van der Waals surface area contributed by atoms with Crippen LogP contribution in [0.2, 0.25) is 10.0 Å². The fourth-order valence-electron chi connectivity index (χ4n) is 1.27. The smallest absolute Gasteiger partial charge is 0.390 e. The van der Waals surface area contributed by atoms with Crippen LogP contribution >= 0.6 is 23.2 Å². The fraction of sp³-hybridized carbons (Fsp3) is 0.111. The minimum atomic E-state index is -0.647. The lowest BCUT2D eigenvalue weighted by Crippen LogP contribution is -2.01. The van der Waals surface area contributed by atoms with Crippen molar-refractivity contribution < 1.29 is 4.92 Å². The van der Waals surface area contributed by atoms with E-state index in [4.69, 9.17) is 23.2 Å². The molecule has 1 aromatic carbocycles. The molecule has 0 bridgehead atoms. The molecule has 0 amide bonds. The van der Waals surface area contributed by atoms with Crippen LogP contribution < -0.4 is 0 Å². The summed E-state index contributed by atoms with van der Waals surface area (Å²) in [6, 6.07) is 5.10. The molecule has 0 unspecified atom stereocenters. The van der Waals surface area contributed by atoms with Crippen molar-refractivity contribution in [2.24, 2.45) is 0 Å². The van der Waals surface area contributed by atoms with Gasteiger partial charge in [0.1, 0.15) is 0 Å². The lowest BCUT2D eigenvalue weighted by atomic mass is 10.2. The Hall–Kier alpha value is -1.66. The molecule has 17 heavy (non-hydrogen) atoms. The Balaban J connectivity index is 2.19. The number of halogens is 2. The van der Waals surface area contributed by atoms with Crippen LogP contribution in [0.3, 0.4) is 0 Å². The highest BCUT2D eigenvalue weighted by Crippen LogP contribution is 2.22. The fourth-order valence-corrected chi connectivity index (χ4v) is 1.59. The summed E-state index contributed by atoms with van der Waals surface area (Å²) < 4.78 is 1.36. The number of hydrogen-bond donors (Lipinski definition) is 0. The number of aromatic nitrogens is 3. The Labute approximate surface area is 106 Å². The van der Waals surface area contributed by atoms with Gasteiger partial charge in [-0.1, -0.05) is 34.3 Å². The molecule has 1 heterocycles. The third-order valence-electron chi connectivity index (χ3n) is 2.02. The van der Waals surface area contributed by atoms with Crippen molar-refractivity contribution in [2.45, 2.75) is 6.54 Å². The first kappa shape index (κ1) is 11.8. The average Bonchev–Trinajstić information content (AvgIpc) is 2.72. The second-order valence-electron chi connectivity index (χ2n) is 3.25. The molecule has 0 aliphatic heterocycles. The van der Waals surface area contributed by atoms with Crippen LogP contribution in [0.1, 0.15) is 5.56 Å². The molecule has 0 saturated heterocycles. The zero-order valence-electron chi connectivity index (χ0n) is 8.38. The van der Waals surface area contributed by atoms with Crippen molar-refractivity contribution >= 4 is 29.2 Å². The van der Waals surface area contributed by atoms with E-state index in [0.29, 0.717) is 16.6 Å². The van der Waals surface area contributed by atoms with Gasteiger partial charge < -0.3 is 10.1 Å². The van der Waals surface area contributed by atoms with Gasteiger partial charge in [-0.15, -0.1) is 0 Å². The third kappa shape index (κ3) is 2.72. The zero-order valence-corrected chi connectivity index (χ0v) is 9.89. The summed E-state index contributed by atoms with van der Waals surface area (Å²) in [6.45, 7) is 0.345. The summed E-state index contributed by atoms with van der Waals surface area (Å²) in [5.41, 5.74) is 0.833. The Bertz CT molecular complexity index is 570. The van der Waals surface area contributed by atoms with Gasteiger partial charge in [0.05, 0.1) is 16.6 Å². The van der Waals surface area contributed by atoms with Gasteiger partial charge >= 0.3 is 5.95 Å². The molecular formula is C9H6Cl2N4O2. The minimum absolute atomic E-state index is 0.345. The minimum Gasteiger partial charge on any atom is -0.390 e. The molecule has 0 fully saturated rings. The molecule has 0 aliphatic rings. The van der Waals surface area contributed by atoms with E-state index in [1.54, 1.807) is 18.2 Å². The lowest BCUT2D eigenvalue weighted by Gasteiger charge is -2.00. The van der Waals surface area contributed by atoms with E-state index in [1.165, 1.54) is 11.0 Å². The van der Waals surface area contributed by atoms with Crippen LogP contribution in [0.25, 0.3) is 0 Å². The quantitative estimate of drug-likeness (QED) is 0.636. The zero-order chi connectivity index (χ0) is 12.4. The van der Waals surface area contributed by atoms with Gasteiger partial charge in [-0.05, 0) is 22.6 Å². The van der Waals surface area contributed by atoms with Crippen molar-refractivity contribution in [1.82, 2.24) is 14.8 Å². The molecule has 2 rings (SSSR count). The summed E-state index contributed by atoms with van der Waals surface area (Å²) in [6.07, 6.45) is 1.29. The van der Waals surface area contributed by atoms with E-state index >= 15 is 0 Å². The van der Waals surface area contributed by atoms with E-state index in [0.717, 1.165) is 5.56 Å². The van der Waals surface area contributed by atoms with Crippen LogP contribution in [-0.2, 0) is 6.54 Å². The van der Waals surface area contributed by atoms with Crippen LogP contribution in [0.15, 0.2) is 24.5 Å². The average molecular weight is 273 g/mol. The van der Waals surface area contributed by atoms with Crippen LogP contribution in [0.4, 0.5) is 5.95 Å². The predicted octanol–water partition coefficient (Wildman–Crippen LogP) is 2.54. The molecule has 0 radical (unpaired) electrons. The summed E-state index contributed by atoms with van der Waals surface area (Å²) in [4.78, 5) is 13.3. The first-order valence-corrected chi connectivity index (χ1v) is 5.29. The Kier molecular flexibility index (Phi) is 3.26. The molecule has 0 aliphatic carbocycles. The van der Waals surface area contributed by atoms with Crippen molar-refractivity contribution in [3.05, 3.63) is 50.2 Å². The monoisotopic (exact) mass is 272 g/mol. The molecule has 6 nitrogen and oxygen atoms in total. The van der Waals surface area contributed by atoms with E-state index < -0.39 is 10.9 Å². The first-order valence-electron chi connectivity index (χ1n) is 4.54. The van der Waals surface area contributed by atoms with Gasteiger partial charge in [0, 0.05) is 5.10 Å². The first-order chi connectivity index (χ1) is 8.06. The largest absolute Gasteiger partial charge is 0.490 e. The van der Waals surface area contributed by atoms with Gasteiger partial charge in [-0.2, -0.15) is 4.68 Å². The maximum atomic E-state index is 10.4. The molecule has 2 aromatic rings. The number of rotatable bonds is 3. The second-order valence-corrected chi connectivity index (χ2v) is 4.06. The predicted molar refractivity (Wildman–Crippen MR) is 62.2 cm³/mol. The molecule has 0 atom stereocenters. The summed E-state index contributed by atoms with van der Waals surface area (Å²) in [5, 5.41) is 15.0. The molecule has 0 N–H and O–H groups in total. The summed E-state index contributed by atoms with van der Waals surface area (Å²) >= 11 is 11.6. The maximum Gasteiger partial charge on any atom is 0.490 e. The highest BCUT2D eigenvalue weighted by atomic mass is 35.5. The van der Waals surface area contributed by atoms with Crippen molar-refractivity contribution in [3.8, 4) is 0 Å². The highest BCUT2D eigenvalue weighted by Gasteiger charge is 2.13. The molecule has 0 saturated carbocycles. The van der Waals surface area contributed by atoms with Crippen LogP contribution in [-0.4, -0.2) is 19.7 Å². The van der Waals surface area contributed by atoms with Gasteiger partial charge in [-0.25, -0.2) is 0 Å². The maximum absolute atomic E-state index is 10.4. The van der Waals surface area contributed by atoms with Gasteiger partial charge in [0.2, 0.25) is 6.33 Å². The molecule has 88 valence electrons. The molecule has 0 spiro atoms. The number of benzene rings is 1. The normalized spacial score (nSPS) is 10.5. The van der Waals surface area contributed by atoms with Crippen molar-refractivity contribution in [2.75, 3.05) is 0 Å². The number of nitrogens with zero attached hydrogens (tertiary/aromatic N) is 4. The number of nitro groups is 1. The van der Waals surface area contributed by atoms with Crippen LogP contribution in [0, 0.1) is 10.1 Å². The van der Waals surface area contributed by atoms with Gasteiger partial charge in [0.25, 0.3) is 0 Å². The van der Waals surface area contributed by atoms with Gasteiger partial charge in [0.15, 0.2) is 0 Å². The van der Waals surface area contributed by atoms with E-state index in [1.807, 2.05) is 0 Å². The van der Waals surface area contributed by atoms with Crippen LogP contribution in [0.5, 0.6) is 0 Å². The van der Waals surface area contributed by atoms with Crippen molar-refractivity contribution in [3.63, 3.8) is 0 Å². The van der Waals surface area contributed by atoms with Crippen molar-refractivity contribution in [1.29, 1.82) is 0 Å². The number of hydrogen-bond acceptors (Lipinski definition) is 4. The molecular weight excluding hydrogens is 267 g/mol. The SMILES string of the molecule is O=[N+]([O-])c1ncn(Cc2ccc(Cl)c(Cl)c2)n1. The Morgan fingerprint density at radius 2 is 2.12 bits per heavy atom. The summed E-state index contributed by atoms with van der Waals surface area (Å²) in [5.74, 6) is -0.426. The van der Waals surface area contributed by atoms with E-state index in [-0.39, 0.29) is 0 Å². The van der Waals surface area contributed by atoms with Gasteiger partial charge in [-0.3, -0.25) is 0 Å². The summed E-state index contributed by atoms with van der Waals surface area (Å²) in [7, 11) is 0. The molecule has 8 heteroatoms. The Morgan fingerprint density at radius 3 is 2.71 bits per heavy atom. The third-order valence-corrected chi connectivity index (χ3v) is 2.76. The standard InChI is InChI=1S/C9H6Cl2N4O2/c10-7-2-1-6(3-8(7)11)4-14-5-12-9(13-14)15(16)17/h1-3,5H,4H2. The van der Waals surface area contributed by atoms with E-state index in [2.05, 4.69) is 10.1 Å². The molecule has 1 aromatic heterocycles. The van der Waals surface area contributed by atoms with E-state index in [9.17, 15) is 10.1 Å². The lowest BCUT2D eigenvalue weighted by molar-refractivity contribution is -0.394. The topological polar surface area (TPSA) is 73.8 Å². The highest BCUT2D eigenvalue weighted by molar-refractivity contribution is 6.42. The second kappa shape index (κ2) is 4.68.